The van der Waals surface area contributed by atoms with Crippen molar-refractivity contribution in [2.75, 3.05) is 6.54 Å². The van der Waals surface area contributed by atoms with Gasteiger partial charge in [-0.15, -0.1) is 0 Å². The van der Waals surface area contributed by atoms with Crippen LogP contribution in [0, 0.1) is 11.6 Å². The molecule has 0 bridgehead atoms. The lowest BCUT2D eigenvalue weighted by molar-refractivity contribution is -0.122. The highest BCUT2D eigenvalue weighted by Gasteiger charge is 2.19. The molecule has 3 nitrogen and oxygen atoms in total. The molecule has 18 heavy (non-hydrogen) atoms. The van der Waals surface area contributed by atoms with Gasteiger partial charge >= 0.3 is 0 Å². The van der Waals surface area contributed by atoms with Crippen LogP contribution >= 0.6 is 0 Å². The van der Waals surface area contributed by atoms with Gasteiger partial charge in [-0.1, -0.05) is 6.07 Å². The first-order valence-corrected chi connectivity index (χ1v) is 5.79. The summed E-state index contributed by atoms with van der Waals surface area (Å²) in [5.41, 5.74) is 5.48. The Balaban J connectivity index is 2.62. The van der Waals surface area contributed by atoms with Gasteiger partial charge in [-0.05, 0) is 44.5 Å². The van der Waals surface area contributed by atoms with Gasteiger partial charge in [-0.25, -0.2) is 8.78 Å². The smallest absolute Gasteiger partial charge is 0.224 e. The van der Waals surface area contributed by atoms with E-state index >= 15 is 0 Å². The summed E-state index contributed by atoms with van der Waals surface area (Å²) in [6.07, 6.45) is 0.668. The number of rotatable bonds is 5. The molecule has 0 heterocycles. The molecule has 0 spiro atoms. The third-order valence-corrected chi connectivity index (χ3v) is 2.60. The predicted molar refractivity (Wildman–Crippen MR) is 66.0 cm³/mol. The van der Waals surface area contributed by atoms with Crippen LogP contribution in [0.1, 0.15) is 25.8 Å². The van der Waals surface area contributed by atoms with Crippen molar-refractivity contribution in [3.05, 3.63) is 35.4 Å². The minimum Gasteiger partial charge on any atom is -0.351 e. The fourth-order valence-electron chi connectivity index (χ4n) is 1.68. The summed E-state index contributed by atoms with van der Waals surface area (Å²) >= 11 is 0. The van der Waals surface area contributed by atoms with E-state index in [1.54, 1.807) is 0 Å². The normalized spacial score (nSPS) is 11.4. The molecule has 1 amide bonds. The average Bonchev–Trinajstić information content (AvgIpc) is 2.22. The second kappa shape index (κ2) is 5.91. The van der Waals surface area contributed by atoms with Gasteiger partial charge in [0.1, 0.15) is 0 Å². The average molecular weight is 256 g/mol. The molecule has 0 aliphatic carbocycles. The van der Waals surface area contributed by atoms with Gasteiger partial charge < -0.3 is 11.1 Å². The van der Waals surface area contributed by atoms with Gasteiger partial charge in [0.2, 0.25) is 5.91 Å². The Morgan fingerprint density at radius 2 is 2.00 bits per heavy atom. The molecule has 100 valence electrons. The molecule has 0 aliphatic rings. The predicted octanol–water partition coefficient (Wildman–Crippen LogP) is 1.75. The van der Waals surface area contributed by atoms with Gasteiger partial charge in [-0.3, -0.25) is 4.79 Å². The van der Waals surface area contributed by atoms with E-state index in [4.69, 9.17) is 5.73 Å². The zero-order valence-corrected chi connectivity index (χ0v) is 10.6. The van der Waals surface area contributed by atoms with E-state index in [2.05, 4.69) is 5.32 Å². The van der Waals surface area contributed by atoms with Crippen LogP contribution < -0.4 is 11.1 Å². The summed E-state index contributed by atoms with van der Waals surface area (Å²) in [4.78, 5) is 11.7. The molecule has 0 fully saturated rings. The second-order valence-corrected chi connectivity index (χ2v) is 4.90. The Labute approximate surface area is 105 Å². The fourth-order valence-corrected chi connectivity index (χ4v) is 1.68. The largest absolute Gasteiger partial charge is 0.351 e. The lowest BCUT2D eigenvalue weighted by Gasteiger charge is -2.25. The van der Waals surface area contributed by atoms with Gasteiger partial charge in [-0.2, -0.15) is 0 Å². The first-order chi connectivity index (χ1) is 8.34. The molecule has 0 saturated carbocycles. The molecule has 5 heteroatoms. The number of carbonyl (C=O) groups excluding carboxylic acids is 1. The summed E-state index contributed by atoms with van der Waals surface area (Å²) in [7, 11) is 0. The van der Waals surface area contributed by atoms with E-state index in [9.17, 15) is 13.6 Å². The number of hydrogen-bond acceptors (Lipinski definition) is 2. The Kier molecular flexibility index (Phi) is 4.78. The van der Waals surface area contributed by atoms with Crippen molar-refractivity contribution in [1.29, 1.82) is 0 Å². The van der Waals surface area contributed by atoms with Crippen LogP contribution in [0.5, 0.6) is 0 Å². The lowest BCUT2D eigenvalue weighted by atomic mass is 10.00. The molecule has 0 unspecified atom stereocenters. The molecule has 1 aromatic rings. The number of amides is 1. The number of nitrogens with two attached hydrogens (primary N) is 1. The summed E-state index contributed by atoms with van der Waals surface area (Å²) in [6, 6.07) is 3.45. The third kappa shape index (κ3) is 4.41. The Morgan fingerprint density at radius 3 is 2.56 bits per heavy atom. The van der Waals surface area contributed by atoms with E-state index in [0.29, 0.717) is 18.5 Å². The third-order valence-electron chi connectivity index (χ3n) is 2.60. The van der Waals surface area contributed by atoms with Crippen molar-refractivity contribution >= 4 is 5.91 Å². The van der Waals surface area contributed by atoms with Crippen LogP contribution in [-0.2, 0) is 11.2 Å². The van der Waals surface area contributed by atoms with Crippen LogP contribution in [0.3, 0.4) is 0 Å². The highest BCUT2D eigenvalue weighted by atomic mass is 19.2. The molecule has 0 atom stereocenters. The summed E-state index contributed by atoms with van der Waals surface area (Å²) in [5, 5.41) is 2.80. The number of nitrogens with one attached hydrogen (secondary N) is 1. The van der Waals surface area contributed by atoms with Crippen molar-refractivity contribution in [3.63, 3.8) is 0 Å². The van der Waals surface area contributed by atoms with Crippen molar-refractivity contribution in [3.8, 4) is 0 Å². The minimum atomic E-state index is -0.943. The number of hydrogen-bond donors (Lipinski definition) is 2. The molecular weight excluding hydrogens is 238 g/mol. The lowest BCUT2D eigenvalue weighted by Crippen LogP contribution is -2.45. The van der Waals surface area contributed by atoms with Crippen molar-refractivity contribution in [2.24, 2.45) is 5.73 Å². The second-order valence-electron chi connectivity index (χ2n) is 4.90. The van der Waals surface area contributed by atoms with E-state index < -0.39 is 17.2 Å². The van der Waals surface area contributed by atoms with Crippen molar-refractivity contribution in [2.45, 2.75) is 32.2 Å². The maximum absolute atomic E-state index is 13.0. The van der Waals surface area contributed by atoms with Gasteiger partial charge in [0.25, 0.3) is 0 Å². The van der Waals surface area contributed by atoms with Gasteiger partial charge in [0, 0.05) is 5.54 Å². The Bertz CT molecular complexity index is 433. The zero-order chi connectivity index (χ0) is 13.8. The number of halogens is 2. The molecule has 0 aromatic heterocycles. The van der Waals surface area contributed by atoms with Crippen molar-refractivity contribution < 1.29 is 13.6 Å². The summed E-state index contributed by atoms with van der Waals surface area (Å²) in [6.45, 7) is 4.20. The maximum Gasteiger partial charge on any atom is 0.224 e. The Hall–Kier alpha value is -1.49. The molecule has 0 radical (unpaired) electrons. The van der Waals surface area contributed by atoms with Crippen LogP contribution in [0.4, 0.5) is 8.78 Å². The number of benzene rings is 1. The topological polar surface area (TPSA) is 55.1 Å². The van der Waals surface area contributed by atoms with E-state index in [-0.39, 0.29) is 12.3 Å². The van der Waals surface area contributed by atoms with Gasteiger partial charge in [0.15, 0.2) is 11.6 Å². The van der Waals surface area contributed by atoms with Gasteiger partial charge in [0.05, 0.1) is 6.42 Å². The molecule has 3 N–H and O–H groups in total. The summed E-state index contributed by atoms with van der Waals surface area (Å²) in [5.74, 6) is -2.09. The molecule has 1 rings (SSSR count). The SMILES string of the molecule is CC(C)(CCN)NC(=O)Cc1ccc(F)c(F)c1. The quantitative estimate of drug-likeness (QED) is 0.843. The molecule has 0 saturated heterocycles. The number of carbonyl (C=O) groups is 1. The van der Waals surface area contributed by atoms with Crippen LogP contribution in [0.15, 0.2) is 18.2 Å². The van der Waals surface area contributed by atoms with E-state index in [0.717, 1.165) is 12.1 Å². The Morgan fingerprint density at radius 1 is 1.33 bits per heavy atom. The first-order valence-electron chi connectivity index (χ1n) is 5.79. The minimum absolute atomic E-state index is 0.0190. The van der Waals surface area contributed by atoms with Crippen LogP contribution in [0.2, 0.25) is 0 Å². The van der Waals surface area contributed by atoms with Crippen LogP contribution in [0.25, 0.3) is 0 Å². The molecular formula is C13H18F2N2O. The van der Waals surface area contributed by atoms with E-state index in [1.165, 1.54) is 6.07 Å². The zero-order valence-electron chi connectivity index (χ0n) is 10.6. The van der Waals surface area contributed by atoms with Crippen molar-refractivity contribution in [1.82, 2.24) is 5.32 Å². The molecule has 0 aliphatic heterocycles. The first kappa shape index (κ1) is 14.6. The van der Waals surface area contributed by atoms with Crippen LogP contribution in [-0.4, -0.2) is 18.0 Å². The maximum atomic E-state index is 13.0. The molecule has 1 aromatic carbocycles. The fraction of sp³-hybridized carbons (Fsp3) is 0.462. The standard InChI is InChI=1S/C13H18F2N2O/c1-13(2,5-6-16)17-12(18)8-9-3-4-10(14)11(15)7-9/h3-4,7H,5-6,8,16H2,1-2H3,(H,17,18). The highest BCUT2D eigenvalue weighted by Crippen LogP contribution is 2.11. The highest BCUT2D eigenvalue weighted by molar-refractivity contribution is 5.79. The van der Waals surface area contributed by atoms with E-state index in [1.807, 2.05) is 13.8 Å². The summed E-state index contributed by atoms with van der Waals surface area (Å²) < 4.78 is 25.7. The monoisotopic (exact) mass is 256 g/mol.